The summed E-state index contributed by atoms with van der Waals surface area (Å²) in [7, 11) is 1.68. The van der Waals surface area contributed by atoms with Gasteiger partial charge in [-0.25, -0.2) is 0 Å². The van der Waals surface area contributed by atoms with Gasteiger partial charge in [0.15, 0.2) is 0 Å². The summed E-state index contributed by atoms with van der Waals surface area (Å²) in [6.07, 6.45) is 1.27. The van der Waals surface area contributed by atoms with Gasteiger partial charge in [-0.2, -0.15) is 0 Å². The molecule has 0 saturated carbocycles. The second-order valence-corrected chi connectivity index (χ2v) is 8.83. The van der Waals surface area contributed by atoms with Crippen LogP contribution in [-0.2, 0) is 11.2 Å². The van der Waals surface area contributed by atoms with Crippen LogP contribution in [0.5, 0.6) is 5.75 Å². The topological polar surface area (TPSA) is 48.6 Å². The van der Waals surface area contributed by atoms with Crippen LogP contribution < -0.4 is 4.74 Å². The Balaban J connectivity index is 1.48. The summed E-state index contributed by atoms with van der Waals surface area (Å²) in [4.78, 5) is 21.1. The minimum Gasteiger partial charge on any atom is -0.497 e. The Bertz CT molecular complexity index is 1010. The number of para-hydroxylation sites is 1. The van der Waals surface area contributed by atoms with E-state index in [9.17, 15) is 4.79 Å². The third-order valence-corrected chi connectivity index (χ3v) is 6.13. The Labute approximate surface area is 185 Å². The van der Waals surface area contributed by atoms with Crippen LogP contribution in [0.3, 0.4) is 0 Å². The van der Waals surface area contributed by atoms with Gasteiger partial charge in [0, 0.05) is 55.7 Å². The molecule has 0 atom stereocenters. The number of benzene rings is 2. The van der Waals surface area contributed by atoms with Crippen LogP contribution in [0.15, 0.2) is 48.5 Å². The number of ether oxygens (including phenoxy) is 1. The highest BCUT2D eigenvalue weighted by Gasteiger charge is 2.22. The number of H-pyrrole nitrogens is 1. The van der Waals surface area contributed by atoms with E-state index in [1.165, 1.54) is 10.9 Å². The summed E-state index contributed by atoms with van der Waals surface area (Å²) < 4.78 is 5.31. The maximum Gasteiger partial charge on any atom is 0.222 e. The Morgan fingerprint density at radius 1 is 1.03 bits per heavy atom. The molecule has 1 saturated heterocycles. The van der Waals surface area contributed by atoms with Gasteiger partial charge in [0.1, 0.15) is 5.75 Å². The van der Waals surface area contributed by atoms with E-state index < -0.39 is 0 Å². The van der Waals surface area contributed by atoms with Crippen molar-refractivity contribution in [2.45, 2.75) is 26.7 Å². The van der Waals surface area contributed by atoms with Crippen LogP contribution >= 0.6 is 0 Å². The number of aryl methyl sites for hydroxylation is 1. The highest BCUT2D eigenvalue weighted by atomic mass is 16.5. The molecule has 2 heterocycles. The number of hydrogen-bond donors (Lipinski definition) is 1. The molecule has 1 aromatic heterocycles. The van der Waals surface area contributed by atoms with Crippen LogP contribution in [-0.4, -0.2) is 60.5 Å². The first-order valence-corrected chi connectivity index (χ1v) is 11.3. The lowest BCUT2D eigenvalue weighted by Crippen LogP contribution is -2.49. The van der Waals surface area contributed by atoms with Crippen LogP contribution in [0.2, 0.25) is 0 Å². The summed E-state index contributed by atoms with van der Waals surface area (Å²) in [6.45, 7) is 9.25. The van der Waals surface area contributed by atoms with Crippen molar-refractivity contribution in [3.05, 3.63) is 54.1 Å². The molecule has 2 aromatic carbocycles. The summed E-state index contributed by atoms with van der Waals surface area (Å²) in [5.41, 5.74) is 4.53. The largest absolute Gasteiger partial charge is 0.497 e. The Hall–Kier alpha value is -2.79. The molecule has 3 aromatic rings. The number of nitrogens with one attached hydrogen (secondary N) is 1. The Morgan fingerprint density at radius 2 is 1.74 bits per heavy atom. The van der Waals surface area contributed by atoms with Crippen molar-refractivity contribution in [3.8, 4) is 17.0 Å². The molecule has 31 heavy (non-hydrogen) atoms. The van der Waals surface area contributed by atoms with Gasteiger partial charge in [0.25, 0.3) is 0 Å². The molecule has 1 aliphatic rings. The number of carbonyl (C=O) groups is 1. The normalized spacial score (nSPS) is 15.0. The number of rotatable bonds is 7. The fourth-order valence-corrected chi connectivity index (χ4v) is 4.55. The zero-order valence-electron chi connectivity index (χ0n) is 18.9. The third kappa shape index (κ3) is 4.93. The van der Waals surface area contributed by atoms with Gasteiger partial charge in [0.05, 0.1) is 7.11 Å². The number of nitrogens with zero attached hydrogens (tertiary/aromatic N) is 2. The summed E-state index contributed by atoms with van der Waals surface area (Å²) in [6, 6.07) is 16.4. The second-order valence-electron chi connectivity index (χ2n) is 8.83. The molecule has 1 fully saturated rings. The van der Waals surface area contributed by atoms with E-state index in [2.05, 4.69) is 54.1 Å². The SMILES string of the molecule is COc1ccc(-c2[nH]c3ccccc3c2CCC(=O)N2CCN(CC(C)C)CC2)cc1. The van der Waals surface area contributed by atoms with E-state index in [1.54, 1.807) is 7.11 Å². The zero-order chi connectivity index (χ0) is 21.8. The van der Waals surface area contributed by atoms with Gasteiger partial charge in [-0.3, -0.25) is 9.69 Å². The van der Waals surface area contributed by atoms with Gasteiger partial charge in [-0.1, -0.05) is 32.0 Å². The lowest BCUT2D eigenvalue weighted by atomic mass is 10.0. The minimum absolute atomic E-state index is 0.259. The van der Waals surface area contributed by atoms with Crippen LogP contribution in [0.25, 0.3) is 22.2 Å². The number of amides is 1. The van der Waals surface area contributed by atoms with Crippen LogP contribution in [0.4, 0.5) is 0 Å². The van der Waals surface area contributed by atoms with Crippen LogP contribution in [0.1, 0.15) is 25.8 Å². The van der Waals surface area contributed by atoms with Crippen molar-refractivity contribution in [1.82, 2.24) is 14.8 Å². The molecule has 1 aliphatic heterocycles. The van der Waals surface area contributed by atoms with Crippen molar-refractivity contribution in [2.75, 3.05) is 39.8 Å². The molecule has 5 nitrogen and oxygen atoms in total. The van der Waals surface area contributed by atoms with Gasteiger partial charge in [0.2, 0.25) is 5.91 Å². The van der Waals surface area contributed by atoms with E-state index in [1.807, 2.05) is 23.1 Å². The fourth-order valence-electron chi connectivity index (χ4n) is 4.55. The second kappa shape index (κ2) is 9.56. The highest BCUT2D eigenvalue weighted by molar-refractivity contribution is 5.91. The quantitative estimate of drug-likeness (QED) is 0.610. The lowest BCUT2D eigenvalue weighted by molar-refractivity contribution is -0.132. The van der Waals surface area contributed by atoms with E-state index >= 15 is 0 Å². The molecule has 0 bridgehead atoms. The van der Waals surface area contributed by atoms with Crippen molar-refractivity contribution >= 4 is 16.8 Å². The minimum atomic E-state index is 0.259. The standard InChI is InChI=1S/C26H33N3O2/c1-19(2)18-28-14-16-29(17-15-28)25(30)13-12-23-22-6-4-5-7-24(22)27-26(23)20-8-10-21(31-3)11-9-20/h4-11,19,27H,12-18H2,1-3H3. The number of hydrogen-bond acceptors (Lipinski definition) is 3. The molecule has 164 valence electrons. The number of methoxy groups -OCH3 is 1. The molecule has 1 amide bonds. The lowest BCUT2D eigenvalue weighted by Gasteiger charge is -2.35. The summed E-state index contributed by atoms with van der Waals surface area (Å²) in [5.74, 6) is 1.77. The average molecular weight is 420 g/mol. The van der Waals surface area contributed by atoms with Gasteiger partial charge < -0.3 is 14.6 Å². The van der Waals surface area contributed by atoms with E-state index in [0.717, 1.165) is 61.7 Å². The van der Waals surface area contributed by atoms with E-state index in [4.69, 9.17) is 4.74 Å². The predicted molar refractivity (Wildman–Crippen MR) is 126 cm³/mol. The molecular weight excluding hydrogens is 386 g/mol. The molecular formula is C26H33N3O2. The maximum absolute atomic E-state index is 13.0. The third-order valence-electron chi connectivity index (χ3n) is 6.13. The molecule has 0 radical (unpaired) electrons. The summed E-state index contributed by atoms with van der Waals surface area (Å²) in [5, 5.41) is 1.20. The molecule has 5 heteroatoms. The number of piperazine rings is 1. The van der Waals surface area contributed by atoms with Crippen molar-refractivity contribution < 1.29 is 9.53 Å². The van der Waals surface area contributed by atoms with E-state index in [0.29, 0.717) is 12.3 Å². The zero-order valence-corrected chi connectivity index (χ0v) is 18.9. The fraction of sp³-hybridized carbons (Fsp3) is 0.423. The molecule has 0 spiro atoms. The summed E-state index contributed by atoms with van der Waals surface area (Å²) >= 11 is 0. The van der Waals surface area contributed by atoms with Crippen molar-refractivity contribution in [1.29, 1.82) is 0 Å². The molecule has 1 N–H and O–H groups in total. The van der Waals surface area contributed by atoms with Gasteiger partial charge in [-0.05, 0) is 53.8 Å². The number of carbonyl (C=O) groups excluding carboxylic acids is 1. The Kier molecular flexibility index (Phi) is 6.62. The predicted octanol–water partition coefficient (Wildman–Crippen LogP) is 4.58. The first kappa shape index (κ1) is 21.4. The first-order valence-electron chi connectivity index (χ1n) is 11.3. The highest BCUT2D eigenvalue weighted by Crippen LogP contribution is 2.32. The maximum atomic E-state index is 13.0. The smallest absolute Gasteiger partial charge is 0.222 e. The molecule has 0 aliphatic carbocycles. The number of aromatic amines is 1. The van der Waals surface area contributed by atoms with Gasteiger partial charge >= 0.3 is 0 Å². The average Bonchev–Trinajstić information content (AvgIpc) is 3.16. The van der Waals surface area contributed by atoms with Crippen LogP contribution in [0, 0.1) is 5.92 Å². The number of fused-ring (bicyclic) bond motifs is 1. The van der Waals surface area contributed by atoms with Crippen molar-refractivity contribution in [3.63, 3.8) is 0 Å². The Morgan fingerprint density at radius 3 is 2.42 bits per heavy atom. The first-order chi connectivity index (χ1) is 15.0. The van der Waals surface area contributed by atoms with Gasteiger partial charge in [-0.15, -0.1) is 0 Å². The monoisotopic (exact) mass is 419 g/mol. The molecule has 0 unspecified atom stereocenters. The van der Waals surface area contributed by atoms with Crippen molar-refractivity contribution in [2.24, 2.45) is 5.92 Å². The van der Waals surface area contributed by atoms with E-state index in [-0.39, 0.29) is 5.91 Å². The molecule has 4 rings (SSSR count). The number of aromatic nitrogens is 1.